The summed E-state index contributed by atoms with van der Waals surface area (Å²) in [5, 5.41) is 2.90. The average molecular weight is 450 g/mol. The molecule has 2 aromatic carbocycles. The molecule has 8 nitrogen and oxygen atoms in total. The second-order valence-electron chi connectivity index (χ2n) is 8.88. The molecule has 33 heavy (non-hydrogen) atoms. The molecular weight excluding hydrogens is 424 g/mol. The van der Waals surface area contributed by atoms with Gasteiger partial charge in [-0.25, -0.2) is 0 Å². The molecule has 0 radical (unpaired) electrons. The molecule has 1 saturated heterocycles. The Bertz CT molecular complexity index is 1180. The number of hydrogen-bond donors (Lipinski definition) is 1. The number of methoxy groups -OCH3 is 1. The van der Waals surface area contributed by atoms with Gasteiger partial charge in [-0.2, -0.15) is 0 Å². The number of anilines is 1. The largest absolute Gasteiger partial charge is 0.497 e. The van der Waals surface area contributed by atoms with Crippen LogP contribution in [0.3, 0.4) is 0 Å². The lowest BCUT2D eigenvalue weighted by molar-refractivity contribution is -0.155. The highest BCUT2D eigenvalue weighted by molar-refractivity contribution is 6.13. The van der Waals surface area contributed by atoms with Gasteiger partial charge in [0.05, 0.1) is 43.5 Å². The number of ether oxygens (including phenoxy) is 3. The van der Waals surface area contributed by atoms with Crippen LogP contribution in [-0.4, -0.2) is 48.5 Å². The maximum Gasteiger partial charge on any atom is 0.312 e. The second-order valence-corrected chi connectivity index (χ2v) is 8.88. The molecule has 0 aliphatic carbocycles. The minimum absolute atomic E-state index is 0.170. The van der Waals surface area contributed by atoms with Crippen molar-refractivity contribution in [2.75, 3.05) is 25.6 Å². The Morgan fingerprint density at radius 2 is 2.03 bits per heavy atom. The number of aryl methyl sites for hydroxylation is 1. The molecule has 2 amide bonds. The van der Waals surface area contributed by atoms with E-state index in [4.69, 9.17) is 14.2 Å². The third-order valence-corrected chi connectivity index (χ3v) is 7.06. The Kier molecular flexibility index (Phi) is 4.84. The highest BCUT2D eigenvalue weighted by Crippen LogP contribution is 2.57. The third-order valence-electron chi connectivity index (χ3n) is 7.06. The van der Waals surface area contributed by atoms with Crippen molar-refractivity contribution in [3.63, 3.8) is 0 Å². The summed E-state index contributed by atoms with van der Waals surface area (Å²) in [5.41, 5.74) is 0.960. The molecule has 172 valence electrons. The van der Waals surface area contributed by atoms with Gasteiger partial charge in [0, 0.05) is 11.5 Å². The molecule has 3 unspecified atom stereocenters. The van der Waals surface area contributed by atoms with Crippen LogP contribution in [0.25, 0.3) is 0 Å². The molecule has 0 bridgehead atoms. The zero-order chi connectivity index (χ0) is 23.5. The van der Waals surface area contributed by atoms with E-state index in [9.17, 15) is 14.4 Å². The molecule has 1 N–H and O–H groups in total. The normalized spacial score (nSPS) is 27.3. The average Bonchev–Trinajstić information content (AvgIpc) is 3.05. The molecule has 3 heterocycles. The van der Waals surface area contributed by atoms with Gasteiger partial charge in [-0.05, 0) is 51.1 Å². The van der Waals surface area contributed by atoms with E-state index in [1.807, 2.05) is 19.1 Å². The van der Waals surface area contributed by atoms with Gasteiger partial charge < -0.3 is 24.4 Å². The molecule has 5 rings (SSSR count). The van der Waals surface area contributed by atoms with Crippen molar-refractivity contribution in [2.45, 2.75) is 32.4 Å². The third kappa shape index (κ3) is 2.93. The van der Waals surface area contributed by atoms with E-state index in [-0.39, 0.29) is 19.1 Å². The molecule has 3 aliphatic heterocycles. The van der Waals surface area contributed by atoms with Crippen molar-refractivity contribution >= 4 is 23.5 Å². The quantitative estimate of drug-likeness (QED) is 0.723. The van der Waals surface area contributed by atoms with Crippen LogP contribution in [0.2, 0.25) is 0 Å². The first kappa shape index (κ1) is 21.3. The van der Waals surface area contributed by atoms with Crippen LogP contribution in [0.4, 0.5) is 5.69 Å². The van der Waals surface area contributed by atoms with Crippen LogP contribution in [0.15, 0.2) is 36.4 Å². The van der Waals surface area contributed by atoms with Crippen LogP contribution in [0, 0.1) is 18.8 Å². The number of fused-ring (bicyclic) bond motifs is 6. The van der Waals surface area contributed by atoms with Crippen LogP contribution in [-0.2, 0) is 14.3 Å². The smallest absolute Gasteiger partial charge is 0.312 e. The Balaban J connectivity index is 1.76. The SMILES string of the molecule is CCOC(=O)C1C2COc3ccc(OC)cc3C2N2C(=O)c3cc(C)ccc3NC(=O)[C@@]12C. The van der Waals surface area contributed by atoms with Gasteiger partial charge in [0.15, 0.2) is 0 Å². The summed E-state index contributed by atoms with van der Waals surface area (Å²) in [7, 11) is 1.56. The minimum Gasteiger partial charge on any atom is -0.497 e. The zero-order valence-electron chi connectivity index (χ0n) is 19.0. The monoisotopic (exact) mass is 450 g/mol. The van der Waals surface area contributed by atoms with E-state index in [1.54, 1.807) is 50.1 Å². The maximum absolute atomic E-state index is 14.1. The maximum atomic E-state index is 14.1. The van der Waals surface area contributed by atoms with Gasteiger partial charge in [0.1, 0.15) is 17.0 Å². The number of nitrogens with zero attached hydrogens (tertiary/aromatic N) is 1. The highest BCUT2D eigenvalue weighted by Gasteiger charge is 2.67. The number of amides is 2. The summed E-state index contributed by atoms with van der Waals surface area (Å²) < 4.78 is 16.8. The van der Waals surface area contributed by atoms with Crippen LogP contribution in [0.5, 0.6) is 11.5 Å². The van der Waals surface area contributed by atoms with Crippen molar-refractivity contribution in [1.82, 2.24) is 4.90 Å². The number of hydrogen-bond acceptors (Lipinski definition) is 6. The van der Waals surface area contributed by atoms with Crippen molar-refractivity contribution in [2.24, 2.45) is 11.8 Å². The highest BCUT2D eigenvalue weighted by atomic mass is 16.5. The number of rotatable bonds is 3. The number of carbonyl (C=O) groups is 3. The van der Waals surface area contributed by atoms with Crippen LogP contribution in [0.1, 0.15) is 41.4 Å². The lowest BCUT2D eigenvalue weighted by atomic mass is 9.77. The zero-order valence-corrected chi connectivity index (χ0v) is 19.0. The minimum atomic E-state index is -1.47. The molecule has 0 spiro atoms. The van der Waals surface area contributed by atoms with E-state index in [0.717, 1.165) is 5.56 Å². The predicted molar refractivity (Wildman–Crippen MR) is 119 cm³/mol. The van der Waals surface area contributed by atoms with Crippen molar-refractivity contribution in [3.05, 3.63) is 53.1 Å². The van der Waals surface area contributed by atoms with E-state index in [2.05, 4.69) is 5.32 Å². The van der Waals surface area contributed by atoms with Gasteiger partial charge in [-0.15, -0.1) is 0 Å². The molecule has 3 aliphatic rings. The first-order chi connectivity index (χ1) is 15.8. The van der Waals surface area contributed by atoms with Gasteiger partial charge in [0.2, 0.25) is 0 Å². The second kappa shape index (κ2) is 7.50. The Hall–Kier alpha value is -3.55. The molecule has 1 fully saturated rings. The fourth-order valence-electron chi connectivity index (χ4n) is 5.54. The summed E-state index contributed by atoms with van der Waals surface area (Å²) >= 11 is 0. The molecule has 0 saturated carbocycles. The summed E-state index contributed by atoms with van der Waals surface area (Å²) in [5.74, 6) is -1.41. The number of nitrogens with one attached hydrogen (secondary N) is 1. The van der Waals surface area contributed by atoms with Crippen molar-refractivity contribution in [1.29, 1.82) is 0 Å². The van der Waals surface area contributed by atoms with Crippen LogP contribution >= 0.6 is 0 Å². The molecule has 0 aromatic heterocycles. The predicted octanol–water partition coefficient (Wildman–Crippen LogP) is 3.10. The molecule has 8 heteroatoms. The Labute approximate surface area is 191 Å². The molecule has 4 atom stereocenters. The Morgan fingerprint density at radius 1 is 1.24 bits per heavy atom. The molecule has 2 aromatic rings. The molecular formula is C25H26N2O6. The van der Waals surface area contributed by atoms with E-state index < -0.39 is 35.3 Å². The summed E-state index contributed by atoms with van der Waals surface area (Å²) in [6.45, 7) is 5.61. The topological polar surface area (TPSA) is 94.2 Å². The van der Waals surface area contributed by atoms with Crippen LogP contribution < -0.4 is 14.8 Å². The standard InChI is InChI=1S/C25H26N2O6/c1-5-32-23(29)20-17-12-33-19-9-7-14(31-4)11-16(19)21(17)27-22(28)15-10-13(2)6-8-18(15)26-24(30)25(20,27)3/h6-11,17,20-21H,5,12H2,1-4H3,(H,26,30)/t17?,20?,21?,25-/m1/s1. The van der Waals surface area contributed by atoms with E-state index >= 15 is 0 Å². The summed E-state index contributed by atoms with van der Waals surface area (Å²) in [6, 6.07) is 10.2. The lowest BCUT2D eigenvalue weighted by Crippen LogP contribution is -2.57. The van der Waals surface area contributed by atoms with E-state index in [1.165, 1.54) is 0 Å². The van der Waals surface area contributed by atoms with Gasteiger partial charge >= 0.3 is 5.97 Å². The lowest BCUT2D eigenvalue weighted by Gasteiger charge is -2.38. The van der Waals surface area contributed by atoms with E-state index in [0.29, 0.717) is 28.3 Å². The fraction of sp³-hybridized carbons (Fsp3) is 0.400. The first-order valence-electron chi connectivity index (χ1n) is 11.0. The summed E-state index contributed by atoms with van der Waals surface area (Å²) in [4.78, 5) is 42.6. The first-order valence-corrected chi connectivity index (χ1v) is 11.0. The number of carbonyl (C=O) groups excluding carboxylic acids is 3. The fourth-order valence-corrected chi connectivity index (χ4v) is 5.54. The van der Waals surface area contributed by atoms with Gasteiger partial charge in [-0.3, -0.25) is 14.4 Å². The van der Waals surface area contributed by atoms with Gasteiger partial charge in [-0.1, -0.05) is 11.6 Å². The van der Waals surface area contributed by atoms with Crippen molar-refractivity contribution in [3.8, 4) is 11.5 Å². The van der Waals surface area contributed by atoms with Crippen molar-refractivity contribution < 1.29 is 28.6 Å². The number of benzene rings is 2. The number of esters is 1. The summed E-state index contributed by atoms with van der Waals surface area (Å²) in [6.07, 6.45) is 0. The van der Waals surface area contributed by atoms with Gasteiger partial charge in [0.25, 0.3) is 11.8 Å². The Morgan fingerprint density at radius 3 is 2.76 bits per heavy atom.